The molecule has 1 aliphatic heterocycles. The first-order valence-electron chi connectivity index (χ1n) is 11.2. The molecular weight excluding hydrogens is 400 g/mol. The van der Waals surface area contributed by atoms with Gasteiger partial charge < -0.3 is 10.2 Å². The van der Waals surface area contributed by atoms with Gasteiger partial charge in [-0.15, -0.1) is 10.2 Å². The summed E-state index contributed by atoms with van der Waals surface area (Å²) in [5.41, 5.74) is 3.06. The van der Waals surface area contributed by atoms with Crippen LogP contribution in [0.2, 0.25) is 0 Å². The number of amides is 1. The standard InChI is InChI=1S/C26H28N4O2/c1-19-15-17-30(18-16-19)25-13-11-23(28-29-25)20-7-9-22(10-8-20)27-26(32)14-12-24(31)21-5-3-2-4-6-21/h2-11,13,19H,12,14-18H2,1H3,(H,27,32). The minimum Gasteiger partial charge on any atom is -0.355 e. The van der Waals surface area contributed by atoms with Crippen LogP contribution >= 0.6 is 0 Å². The Morgan fingerprint density at radius 3 is 2.28 bits per heavy atom. The van der Waals surface area contributed by atoms with Crippen molar-refractivity contribution in [3.05, 3.63) is 72.3 Å². The van der Waals surface area contributed by atoms with Crippen LogP contribution in [-0.4, -0.2) is 35.0 Å². The lowest BCUT2D eigenvalue weighted by atomic mass is 9.99. The quantitative estimate of drug-likeness (QED) is 0.537. The van der Waals surface area contributed by atoms with Gasteiger partial charge in [-0.2, -0.15) is 0 Å². The molecular formula is C26H28N4O2. The van der Waals surface area contributed by atoms with Crippen molar-refractivity contribution in [3.8, 4) is 11.3 Å². The summed E-state index contributed by atoms with van der Waals surface area (Å²) >= 11 is 0. The summed E-state index contributed by atoms with van der Waals surface area (Å²) in [6, 6.07) is 20.6. The number of benzene rings is 2. The number of Topliss-reactive ketones (excluding diaryl/α,β-unsaturated/α-hetero) is 1. The van der Waals surface area contributed by atoms with E-state index in [4.69, 9.17) is 0 Å². The van der Waals surface area contributed by atoms with Crippen LogP contribution in [0.3, 0.4) is 0 Å². The molecule has 0 atom stereocenters. The average Bonchev–Trinajstić information content (AvgIpc) is 2.84. The van der Waals surface area contributed by atoms with E-state index in [0.29, 0.717) is 11.3 Å². The Hall–Kier alpha value is -3.54. The molecule has 0 saturated carbocycles. The zero-order valence-corrected chi connectivity index (χ0v) is 18.3. The van der Waals surface area contributed by atoms with Gasteiger partial charge in [-0.3, -0.25) is 9.59 Å². The largest absolute Gasteiger partial charge is 0.355 e. The molecule has 1 saturated heterocycles. The summed E-state index contributed by atoms with van der Waals surface area (Å²) in [5.74, 6) is 1.50. The average molecular weight is 429 g/mol. The van der Waals surface area contributed by atoms with Gasteiger partial charge in [-0.1, -0.05) is 49.4 Å². The number of hydrogen-bond acceptors (Lipinski definition) is 5. The molecule has 164 valence electrons. The van der Waals surface area contributed by atoms with Crippen molar-refractivity contribution in [1.29, 1.82) is 0 Å². The minimum atomic E-state index is -0.179. The fourth-order valence-electron chi connectivity index (χ4n) is 3.83. The first-order chi connectivity index (χ1) is 15.6. The number of piperidine rings is 1. The second-order valence-corrected chi connectivity index (χ2v) is 8.36. The predicted molar refractivity (Wildman–Crippen MR) is 127 cm³/mol. The van der Waals surface area contributed by atoms with Gasteiger partial charge in [-0.05, 0) is 43.0 Å². The summed E-state index contributed by atoms with van der Waals surface area (Å²) in [6.07, 6.45) is 2.72. The highest BCUT2D eigenvalue weighted by Gasteiger charge is 2.17. The Morgan fingerprint density at radius 1 is 0.906 bits per heavy atom. The predicted octanol–water partition coefficient (Wildman–Crippen LogP) is 4.98. The van der Waals surface area contributed by atoms with Crippen LogP contribution in [0.1, 0.15) is 43.0 Å². The van der Waals surface area contributed by atoms with Crippen LogP contribution in [-0.2, 0) is 4.79 Å². The first-order valence-corrected chi connectivity index (χ1v) is 11.2. The van der Waals surface area contributed by atoms with Crippen LogP contribution in [0.15, 0.2) is 66.7 Å². The van der Waals surface area contributed by atoms with Crippen molar-refractivity contribution in [1.82, 2.24) is 10.2 Å². The van der Waals surface area contributed by atoms with E-state index in [1.807, 2.05) is 54.6 Å². The third-order valence-electron chi connectivity index (χ3n) is 5.90. The number of aromatic nitrogens is 2. The Kier molecular flexibility index (Phi) is 6.90. The van der Waals surface area contributed by atoms with Crippen LogP contribution in [0.5, 0.6) is 0 Å². The van der Waals surface area contributed by atoms with Crippen molar-refractivity contribution in [3.63, 3.8) is 0 Å². The zero-order valence-electron chi connectivity index (χ0n) is 18.3. The van der Waals surface area contributed by atoms with Crippen molar-refractivity contribution < 1.29 is 9.59 Å². The third-order valence-corrected chi connectivity index (χ3v) is 5.90. The van der Waals surface area contributed by atoms with Gasteiger partial charge in [0.15, 0.2) is 11.6 Å². The Morgan fingerprint density at radius 2 is 1.62 bits per heavy atom. The molecule has 2 aromatic carbocycles. The van der Waals surface area contributed by atoms with Crippen molar-refractivity contribution >= 4 is 23.2 Å². The molecule has 0 bridgehead atoms. The molecule has 0 spiro atoms. The monoisotopic (exact) mass is 428 g/mol. The number of anilines is 2. The summed E-state index contributed by atoms with van der Waals surface area (Å²) in [7, 11) is 0. The summed E-state index contributed by atoms with van der Waals surface area (Å²) in [5, 5.41) is 11.7. The second-order valence-electron chi connectivity index (χ2n) is 8.36. The van der Waals surface area contributed by atoms with Crippen molar-refractivity contribution in [2.75, 3.05) is 23.3 Å². The van der Waals surface area contributed by atoms with Gasteiger partial charge in [0, 0.05) is 42.7 Å². The van der Waals surface area contributed by atoms with Gasteiger partial charge in [-0.25, -0.2) is 0 Å². The van der Waals surface area contributed by atoms with E-state index in [9.17, 15) is 9.59 Å². The maximum Gasteiger partial charge on any atom is 0.224 e. The number of hydrogen-bond donors (Lipinski definition) is 1. The number of carbonyl (C=O) groups is 2. The van der Waals surface area contributed by atoms with E-state index in [2.05, 4.69) is 27.3 Å². The number of rotatable bonds is 7. The number of nitrogens with one attached hydrogen (secondary N) is 1. The topological polar surface area (TPSA) is 75.2 Å². The van der Waals surface area contributed by atoms with Crippen LogP contribution < -0.4 is 10.2 Å². The van der Waals surface area contributed by atoms with Gasteiger partial charge >= 0.3 is 0 Å². The summed E-state index contributed by atoms with van der Waals surface area (Å²) in [4.78, 5) is 26.7. The molecule has 1 aliphatic rings. The molecule has 6 heteroatoms. The number of nitrogens with zero attached hydrogens (tertiary/aromatic N) is 3. The van der Waals surface area contributed by atoms with E-state index in [1.165, 1.54) is 12.8 Å². The fourth-order valence-corrected chi connectivity index (χ4v) is 3.83. The number of ketones is 1. The molecule has 3 aromatic rings. The molecule has 32 heavy (non-hydrogen) atoms. The van der Waals surface area contributed by atoms with Crippen molar-refractivity contribution in [2.24, 2.45) is 5.92 Å². The Balaban J connectivity index is 1.30. The second kappa shape index (κ2) is 10.2. The van der Waals surface area contributed by atoms with Gasteiger partial charge in [0.25, 0.3) is 0 Å². The molecule has 0 aliphatic carbocycles. The molecule has 1 fully saturated rings. The highest BCUT2D eigenvalue weighted by atomic mass is 16.2. The van der Waals surface area contributed by atoms with Gasteiger partial charge in [0.1, 0.15) is 0 Å². The number of carbonyl (C=O) groups excluding carboxylic acids is 2. The first kappa shape index (κ1) is 21.7. The smallest absolute Gasteiger partial charge is 0.224 e. The zero-order chi connectivity index (χ0) is 22.3. The maximum absolute atomic E-state index is 12.2. The normalized spacial score (nSPS) is 14.2. The molecule has 1 N–H and O–H groups in total. The minimum absolute atomic E-state index is 0.0304. The van der Waals surface area contributed by atoms with Crippen LogP contribution in [0.4, 0.5) is 11.5 Å². The third kappa shape index (κ3) is 5.58. The van der Waals surface area contributed by atoms with Gasteiger partial charge in [0.05, 0.1) is 5.69 Å². The molecule has 1 amide bonds. The fraction of sp³-hybridized carbons (Fsp3) is 0.308. The molecule has 0 unspecified atom stereocenters. The summed E-state index contributed by atoms with van der Waals surface area (Å²) in [6.45, 7) is 4.35. The highest BCUT2D eigenvalue weighted by molar-refractivity contribution is 6.00. The van der Waals surface area contributed by atoms with E-state index in [-0.39, 0.29) is 24.5 Å². The van der Waals surface area contributed by atoms with E-state index in [1.54, 1.807) is 12.1 Å². The lowest BCUT2D eigenvalue weighted by molar-refractivity contribution is -0.116. The SMILES string of the molecule is CC1CCN(c2ccc(-c3ccc(NC(=O)CCC(=O)c4ccccc4)cc3)nn2)CC1. The molecule has 0 radical (unpaired) electrons. The van der Waals surface area contributed by atoms with E-state index in [0.717, 1.165) is 36.1 Å². The maximum atomic E-state index is 12.2. The van der Waals surface area contributed by atoms with Gasteiger partial charge in [0.2, 0.25) is 5.91 Å². The Bertz CT molecular complexity index is 1040. The molecule has 6 nitrogen and oxygen atoms in total. The summed E-state index contributed by atoms with van der Waals surface area (Å²) < 4.78 is 0. The van der Waals surface area contributed by atoms with E-state index < -0.39 is 0 Å². The van der Waals surface area contributed by atoms with E-state index >= 15 is 0 Å². The lowest BCUT2D eigenvalue weighted by Crippen LogP contribution is -2.33. The van der Waals surface area contributed by atoms with Crippen LogP contribution in [0, 0.1) is 5.92 Å². The Labute approximate surface area is 188 Å². The van der Waals surface area contributed by atoms with Crippen LogP contribution in [0.25, 0.3) is 11.3 Å². The highest BCUT2D eigenvalue weighted by Crippen LogP contribution is 2.24. The molecule has 4 rings (SSSR count). The lowest BCUT2D eigenvalue weighted by Gasteiger charge is -2.30. The molecule has 2 heterocycles. The molecule has 1 aromatic heterocycles. The van der Waals surface area contributed by atoms with Crippen molar-refractivity contribution in [2.45, 2.75) is 32.6 Å².